The standard InChI is InChI=1S/C8H7N5O2S3/c1-16-7-11-12-8(18-7)17-6-4(13(14)15)2-3-5(9)10-6/h2-3H,1H3,(H2,9,10). The molecule has 0 fully saturated rings. The summed E-state index contributed by atoms with van der Waals surface area (Å²) in [6.45, 7) is 0. The van der Waals surface area contributed by atoms with Gasteiger partial charge in [-0.1, -0.05) is 23.1 Å². The van der Waals surface area contributed by atoms with Gasteiger partial charge in [0.15, 0.2) is 13.7 Å². The first-order chi connectivity index (χ1) is 8.60. The fourth-order valence-corrected chi connectivity index (χ4v) is 3.51. The second kappa shape index (κ2) is 5.50. The van der Waals surface area contributed by atoms with E-state index in [0.717, 1.165) is 16.1 Å². The van der Waals surface area contributed by atoms with E-state index in [1.807, 2.05) is 6.26 Å². The van der Waals surface area contributed by atoms with Gasteiger partial charge >= 0.3 is 5.69 Å². The summed E-state index contributed by atoms with van der Waals surface area (Å²) in [6.07, 6.45) is 1.89. The number of nitrogens with two attached hydrogens (primary N) is 1. The molecule has 0 amide bonds. The highest BCUT2D eigenvalue weighted by Gasteiger charge is 2.18. The SMILES string of the molecule is CSc1nnc(Sc2nc(N)ccc2[N+](=O)[O-])s1. The first-order valence-corrected chi connectivity index (χ1v) is 7.42. The van der Waals surface area contributed by atoms with Crippen LogP contribution in [0.4, 0.5) is 11.5 Å². The molecule has 0 aromatic carbocycles. The number of hydrogen-bond donors (Lipinski definition) is 1. The molecule has 0 unspecified atom stereocenters. The third-order valence-corrected chi connectivity index (χ3v) is 4.75. The molecule has 2 aromatic rings. The number of hydrogen-bond acceptors (Lipinski definition) is 9. The van der Waals surface area contributed by atoms with E-state index in [1.165, 1.54) is 35.2 Å². The molecule has 0 spiro atoms. The first-order valence-electron chi connectivity index (χ1n) is 4.56. The van der Waals surface area contributed by atoms with E-state index in [1.54, 1.807) is 0 Å². The lowest BCUT2D eigenvalue weighted by Crippen LogP contribution is -1.97. The highest BCUT2D eigenvalue weighted by atomic mass is 32.2. The van der Waals surface area contributed by atoms with Gasteiger partial charge in [0.1, 0.15) is 5.82 Å². The van der Waals surface area contributed by atoms with Gasteiger partial charge in [-0.15, -0.1) is 10.2 Å². The third-order valence-electron chi connectivity index (χ3n) is 1.80. The molecule has 2 N–H and O–H groups in total. The topological polar surface area (TPSA) is 108 Å². The van der Waals surface area contributed by atoms with E-state index in [4.69, 9.17) is 5.73 Å². The highest BCUT2D eigenvalue weighted by molar-refractivity contribution is 8.03. The van der Waals surface area contributed by atoms with Crippen LogP contribution in [-0.4, -0.2) is 26.4 Å². The Labute approximate surface area is 114 Å². The maximum Gasteiger partial charge on any atom is 0.301 e. The minimum atomic E-state index is -0.495. The van der Waals surface area contributed by atoms with Crippen LogP contribution in [0, 0.1) is 10.1 Å². The lowest BCUT2D eigenvalue weighted by atomic mass is 10.4. The molecule has 0 aliphatic carbocycles. The summed E-state index contributed by atoms with van der Waals surface area (Å²) >= 11 is 3.91. The van der Waals surface area contributed by atoms with Crippen molar-refractivity contribution >= 4 is 46.4 Å². The lowest BCUT2D eigenvalue weighted by Gasteiger charge is -1.99. The number of nitrogens with zero attached hydrogens (tertiary/aromatic N) is 4. The zero-order chi connectivity index (χ0) is 13.1. The maximum absolute atomic E-state index is 10.9. The van der Waals surface area contributed by atoms with Crippen molar-refractivity contribution < 1.29 is 4.92 Å². The number of nitrogen functional groups attached to an aromatic ring is 1. The van der Waals surface area contributed by atoms with E-state index in [9.17, 15) is 10.1 Å². The Morgan fingerprint density at radius 1 is 1.39 bits per heavy atom. The van der Waals surface area contributed by atoms with Crippen molar-refractivity contribution in [2.75, 3.05) is 12.0 Å². The monoisotopic (exact) mass is 301 g/mol. The summed E-state index contributed by atoms with van der Waals surface area (Å²) < 4.78 is 1.39. The van der Waals surface area contributed by atoms with Crippen LogP contribution >= 0.6 is 34.9 Å². The molecule has 0 saturated heterocycles. The molecule has 0 aliphatic rings. The Kier molecular flexibility index (Phi) is 3.99. The van der Waals surface area contributed by atoms with Gasteiger partial charge in [-0.25, -0.2) is 4.98 Å². The zero-order valence-electron chi connectivity index (χ0n) is 9.06. The molecule has 0 atom stereocenters. The molecule has 0 radical (unpaired) electrons. The van der Waals surface area contributed by atoms with Crippen LogP contribution in [-0.2, 0) is 0 Å². The molecule has 2 heterocycles. The van der Waals surface area contributed by atoms with Gasteiger partial charge in [-0.05, 0) is 24.1 Å². The van der Waals surface area contributed by atoms with Gasteiger partial charge in [0.2, 0.25) is 0 Å². The number of nitro groups is 1. The molecular formula is C8H7N5O2S3. The average molecular weight is 301 g/mol. The van der Waals surface area contributed by atoms with Gasteiger partial charge in [-0.3, -0.25) is 10.1 Å². The Morgan fingerprint density at radius 2 is 2.11 bits per heavy atom. The number of pyridine rings is 1. The van der Waals surface area contributed by atoms with Crippen LogP contribution in [0.25, 0.3) is 0 Å². The predicted molar refractivity (Wildman–Crippen MR) is 71.1 cm³/mol. The molecule has 94 valence electrons. The number of rotatable bonds is 4. The molecule has 0 aliphatic heterocycles. The third kappa shape index (κ3) is 2.89. The summed E-state index contributed by atoms with van der Waals surface area (Å²) in [5.41, 5.74) is 5.44. The van der Waals surface area contributed by atoms with Crippen molar-refractivity contribution in [3.05, 3.63) is 22.2 Å². The van der Waals surface area contributed by atoms with Crippen molar-refractivity contribution in [1.29, 1.82) is 0 Å². The summed E-state index contributed by atoms with van der Waals surface area (Å²) in [7, 11) is 0. The van der Waals surface area contributed by atoms with Crippen molar-refractivity contribution in [2.24, 2.45) is 0 Å². The van der Waals surface area contributed by atoms with Gasteiger partial charge < -0.3 is 5.73 Å². The van der Waals surface area contributed by atoms with Crippen LogP contribution in [0.1, 0.15) is 0 Å². The van der Waals surface area contributed by atoms with Gasteiger partial charge in [0, 0.05) is 6.07 Å². The Morgan fingerprint density at radius 3 is 2.72 bits per heavy atom. The van der Waals surface area contributed by atoms with E-state index in [2.05, 4.69) is 15.2 Å². The molecule has 0 bridgehead atoms. The number of anilines is 1. The van der Waals surface area contributed by atoms with Crippen LogP contribution in [0.2, 0.25) is 0 Å². The molecule has 0 saturated carbocycles. The largest absolute Gasteiger partial charge is 0.384 e. The Hall–Kier alpha value is -1.39. The minimum absolute atomic E-state index is 0.0879. The van der Waals surface area contributed by atoms with Crippen LogP contribution < -0.4 is 5.73 Å². The van der Waals surface area contributed by atoms with E-state index >= 15 is 0 Å². The van der Waals surface area contributed by atoms with Gasteiger partial charge in [-0.2, -0.15) is 0 Å². The molecule has 18 heavy (non-hydrogen) atoms. The van der Waals surface area contributed by atoms with Crippen molar-refractivity contribution in [3.63, 3.8) is 0 Å². The second-order valence-corrected chi connectivity index (χ2v) is 6.22. The van der Waals surface area contributed by atoms with Crippen molar-refractivity contribution in [1.82, 2.24) is 15.2 Å². The van der Waals surface area contributed by atoms with Gasteiger partial charge in [0.25, 0.3) is 0 Å². The molecule has 10 heteroatoms. The van der Waals surface area contributed by atoms with Crippen LogP contribution in [0.5, 0.6) is 0 Å². The molecule has 2 aromatic heterocycles. The van der Waals surface area contributed by atoms with Crippen LogP contribution in [0.3, 0.4) is 0 Å². The summed E-state index contributed by atoms with van der Waals surface area (Å²) in [4.78, 5) is 14.3. The summed E-state index contributed by atoms with van der Waals surface area (Å²) in [6, 6.07) is 2.73. The second-order valence-electron chi connectivity index (χ2n) is 2.96. The maximum atomic E-state index is 10.9. The fraction of sp³-hybridized carbons (Fsp3) is 0.125. The minimum Gasteiger partial charge on any atom is -0.384 e. The zero-order valence-corrected chi connectivity index (χ0v) is 11.5. The quantitative estimate of drug-likeness (QED) is 0.520. The summed E-state index contributed by atoms with van der Waals surface area (Å²) in [5, 5.41) is 18.9. The number of thioether (sulfide) groups is 1. The molecule has 2 rings (SSSR count). The van der Waals surface area contributed by atoms with Crippen LogP contribution in [0.15, 0.2) is 25.8 Å². The predicted octanol–water partition coefficient (Wildman–Crippen LogP) is 2.30. The normalized spacial score (nSPS) is 10.5. The molecule has 7 nitrogen and oxygen atoms in total. The fourth-order valence-electron chi connectivity index (χ4n) is 1.07. The Bertz CT molecular complexity index is 588. The van der Waals surface area contributed by atoms with E-state index in [0.29, 0.717) is 4.34 Å². The van der Waals surface area contributed by atoms with Crippen molar-refractivity contribution in [3.8, 4) is 0 Å². The summed E-state index contributed by atoms with van der Waals surface area (Å²) in [5.74, 6) is 0.234. The van der Waals surface area contributed by atoms with E-state index < -0.39 is 4.92 Å². The molecular weight excluding hydrogens is 294 g/mol. The number of aromatic nitrogens is 3. The van der Waals surface area contributed by atoms with E-state index in [-0.39, 0.29) is 16.5 Å². The van der Waals surface area contributed by atoms with Crippen molar-refractivity contribution in [2.45, 2.75) is 13.7 Å². The highest BCUT2D eigenvalue weighted by Crippen LogP contribution is 2.36. The Balaban J connectivity index is 2.32. The smallest absolute Gasteiger partial charge is 0.301 e. The van der Waals surface area contributed by atoms with Gasteiger partial charge in [0.05, 0.1) is 4.92 Å². The first kappa shape index (κ1) is 13.1. The lowest BCUT2D eigenvalue weighted by molar-refractivity contribution is -0.388. The average Bonchev–Trinajstić information content (AvgIpc) is 2.76.